The van der Waals surface area contributed by atoms with E-state index in [0.29, 0.717) is 38.5 Å². The number of carboxylic acids is 1. The second-order valence-electron chi connectivity index (χ2n) is 17.5. The summed E-state index contributed by atoms with van der Waals surface area (Å²) in [4.78, 5) is 13.0. The van der Waals surface area contributed by atoms with Crippen molar-refractivity contribution in [3.63, 3.8) is 0 Å². The van der Waals surface area contributed by atoms with Crippen LogP contribution in [-0.4, -0.2) is 97.8 Å². The zero-order chi connectivity index (χ0) is 33.1. The van der Waals surface area contributed by atoms with E-state index in [4.69, 9.17) is 9.47 Å². The van der Waals surface area contributed by atoms with Gasteiger partial charge < -0.3 is 45.2 Å². The SMILES string of the molecule is CC1(C)CCC2(C(=O)O)C(O)CC3(C)C(=CCC4C5(C)CCC(OC6OCC(O)C(O)C6O)C(C)(CO)C5C(O)CC43C)C2C1. The van der Waals surface area contributed by atoms with Crippen molar-refractivity contribution in [3.8, 4) is 0 Å². The van der Waals surface area contributed by atoms with Crippen LogP contribution in [-0.2, 0) is 14.3 Å². The largest absolute Gasteiger partial charge is 0.481 e. The second-order valence-corrected chi connectivity index (χ2v) is 17.5. The Morgan fingerprint density at radius 3 is 2.27 bits per heavy atom. The van der Waals surface area contributed by atoms with E-state index in [1.807, 2.05) is 6.92 Å². The highest BCUT2D eigenvalue weighted by atomic mass is 16.7. The minimum absolute atomic E-state index is 0.0472. The summed E-state index contributed by atoms with van der Waals surface area (Å²) in [7, 11) is 0. The molecule has 45 heavy (non-hydrogen) atoms. The van der Waals surface area contributed by atoms with Gasteiger partial charge in [-0.05, 0) is 84.9 Å². The Bertz CT molecular complexity index is 1220. The Balaban J connectivity index is 1.37. The molecule has 6 aliphatic rings. The van der Waals surface area contributed by atoms with Gasteiger partial charge in [0.15, 0.2) is 6.29 Å². The Morgan fingerprint density at radius 1 is 0.933 bits per heavy atom. The number of carboxylic acid groups (broad SMARTS) is 1. The van der Waals surface area contributed by atoms with Gasteiger partial charge in [0.25, 0.3) is 0 Å². The topological polar surface area (TPSA) is 177 Å². The lowest BCUT2D eigenvalue weighted by molar-refractivity contribution is -0.320. The predicted octanol–water partition coefficient (Wildman–Crippen LogP) is 2.61. The second kappa shape index (κ2) is 10.7. The van der Waals surface area contributed by atoms with E-state index in [1.165, 1.54) is 0 Å². The highest BCUT2D eigenvalue weighted by Gasteiger charge is 2.73. The summed E-state index contributed by atoms with van der Waals surface area (Å²) < 4.78 is 11.9. The average Bonchev–Trinajstić information content (AvgIpc) is 2.94. The van der Waals surface area contributed by atoms with Gasteiger partial charge >= 0.3 is 5.97 Å². The molecule has 1 saturated heterocycles. The van der Waals surface area contributed by atoms with Crippen LogP contribution in [0.3, 0.4) is 0 Å². The third-order valence-corrected chi connectivity index (χ3v) is 14.8. The van der Waals surface area contributed by atoms with Crippen molar-refractivity contribution in [2.24, 2.45) is 50.2 Å². The molecule has 0 bridgehead atoms. The molecule has 15 atom stereocenters. The maximum Gasteiger partial charge on any atom is 0.312 e. The fourth-order valence-corrected chi connectivity index (χ4v) is 12.2. The quantitative estimate of drug-likeness (QED) is 0.179. The Kier molecular flexibility index (Phi) is 8.03. The van der Waals surface area contributed by atoms with Gasteiger partial charge in [0.2, 0.25) is 0 Å². The smallest absolute Gasteiger partial charge is 0.312 e. The summed E-state index contributed by atoms with van der Waals surface area (Å²) in [5.41, 5.74) is -2.40. The molecule has 5 aliphatic carbocycles. The van der Waals surface area contributed by atoms with Crippen LogP contribution >= 0.6 is 0 Å². The molecule has 0 aromatic heterocycles. The Labute approximate surface area is 266 Å². The summed E-state index contributed by atoms with van der Waals surface area (Å²) in [6.45, 7) is 12.5. The molecule has 10 heteroatoms. The maximum atomic E-state index is 13.0. The van der Waals surface area contributed by atoms with Crippen LogP contribution in [0.25, 0.3) is 0 Å². The van der Waals surface area contributed by atoms with Crippen molar-refractivity contribution in [3.05, 3.63) is 11.6 Å². The molecule has 0 spiro atoms. The minimum Gasteiger partial charge on any atom is -0.481 e. The fourth-order valence-electron chi connectivity index (χ4n) is 12.2. The standard InChI is InChI=1S/C35H56O10/c1-30(2)11-12-35(29(42)43)19(13-30)18-7-8-22-31(3)10-9-24(45-28-26(41)25(40)21(38)16-44-28)32(4,17-36)27(31)20(37)14-34(22,6)33(18,5)15-23(35)39/h7,19-28,36-41H,8-17H2,1-6H3,(H,42,43). The zero-order valence-corrected chi connectivity index (χ0v) is 27.8. The van der Waals surface area contributed by atoms with E-state index in [1.54, 1.807) is 0 Å². The number of rotatable bonds is 4. The van der Waals surface area contributed by atoms with Crippen LogP contribution in [0.4, 0.5) is 0 Å². The van der Waals surface area contributed by atoms with Gasteiger partial charge in [-0.15, -0.1) is 0 Å². The summed E-state index contributed by atoms with van der Waals surface area (Å²) in [5, 5.41) is 76.4. The first-order valence-electron chi connectivity index (χ1n) is 17.0. The predicted molar refractivity (Wildman–Crippen MR) is 163 cm³/mol. The van der Waals surface area contributed by atoms with Crippen LogP contribution in [0.2, 0.25) is 0 Å². The average molecular weight is 637 g/mol. The van der Waals surface area contributed by atoms with Crippen LogP contribution < -0.4 is 0 Å². The van der Waals surface area contributed by atoms with E-state index in [-0.39, 0.29) is 36.4 Å². The number of hydrogen-bond acceptors (Lipinski definition) is 9. The van der Waals surface area contributed by atoms with Crippen molar-refractivity contribution in [2.45, 2.75) is 136 Å². The molecule has 1 heterocycles. The van der Waals surface area contributed by atoms with Crippen LogP contribution in [0.1, 0.15) is 92.9 Å². The molecular weight excluding hydrogens is 580 g/mol. The zero-order valence-electron chi connectivity index (χ0n) is 27.8. The molecular formula is C35H56O10. The first-order chi connectivity index (χ1) is 20.8. The number of carbonyl (C=O) groups is 1. The van der Waals surface area contributed by atoms with Crippen molar-refractivity contribution in [1.82, 2.24) is 0 Å². The lowest BCUT2D eigenvalue weighted by Gasteiger charge is -2.72. The Hall–Kier alpha value is -1.11. The molecule has 0 radical (unpaired) electrons. The lowest BCUT2D eigenvalue weighted by Crippen LogP contribution is -2.71. The number of hydrogen-bond donors (Lipinski definition) is 7. The molecule has 256 valence electrons. The molecule has 15 unspecified atom stereocenters. The molecule has 0 amide bonds. The van der Waals surface area contributed by atoms with Crippen molar-refractivity contribution in [1.29, 1.82) is 0 Å². The summed E-state index contributed by atoms with van der Waals surface area (Å²) in [6.07, 6.45) is -0.763. The monoisotopic (exact) mass is 636 g/mol. The van der Waals surface area contributed by atoms with Gasteiger partial charge in [-0.1, -0.05) is 53.2 Å². The van der Waals surface area contributed by atoms with E-state index in [9.17, 15) is 40.5 Å². The molecule has 10 nitrogen and oxygen atoms in total. The molecule has 0 aromatic carbocycles. The van der Waals surface area contributed by atoms with Crippen molar-refractivity contribution < 1.29 is 50.0 Å². The van der Waals surface area contributed by atoms with Gasteiger partial charge in [-0.2, -0.15) is 0 Å². The van der Waals surface area contributed by atoms with Gasteiger partial charge in [0.1, 0.15) is 23.7 Å². The van der Waals surface area contributed by atoms with E-state index in [2.05, 4.69) is 40.7 Å². The first kappa shape index (κ1) is 33.8. The van der Waals surface area contributed by atoms with E-state index >= 15 is 0 Å². The van der Waals surface area contributed by atoms with Crippen LogP contribution in [0.15, 0.2) is 11.6 Å². The third kappa shape index (κ3) is 4.45. The Morgan fingerprint density at radius 2 is 1.62 bits per heavy atom. The normalized spacial score (nSPS) is 55.8. The van der Waals surface area contributed by atoms with Crippen LogP contribution in [0.5, 0.6) is 0 Å². The van der Waals surface area contributed by atoms with Gasteiger partial charge in [-0.3, -0.25) is 4.79 Å². The van der Waals surface area contributed by atoms with Gasteiger partial charge in [0, 0.05) is 11.3 Å². The van der Waals surface area contributed by atoms with Crippen molar-refractivity contribution in [2.75, 3.05) is 13.2 Å². The highest BCUT2D eigenvalue weighted by Crippen LogP contribution is 2.76. The molecule has 4 saturated carbocycles. The van der Waals surface area contributed by atoms with Gasteiger partial charge in [0.05, 0.1) is 31.5 Å². The van der Waals surface area contributed by atoms with E-state index in [0.717, 1.165) is 18.4 Å². The van der Waals surface area contributed by atoms with Gasteiger partial charge in [-0.25, -0.2) is 0 Å². The third-order valence-electron chi connectivity index (χ3n) is 14.8. The maximum absolute atomic E-state index is 13.0. The first-order valence-corrected chi connectivity index (χ1v) is 17.0. The molecule has 5 fully saturated rings. The van der Waals surface area contributed by atoms with Crippen LogP contribution in [0, 0.1) is 50.2 Å². The molecule has 0 aromatic rings. The number of aliphatic carboxylic acids is 1. The number of allylic oxidation sites excluding steroid dienone is 2. The highest BCUT2D eigenvalue weighted by molar-refractivity contribution is 5.77. The number of ether oxygens (including phenoxy) is 2. The summed E-state index contributed by atoms with van der Waals surface area (Å²) in [5.74, 6) is -1.46. The molecule has 1 aliphatic heterocycles. The number of fused-ring (bicyclic) bond motifs is 7. The molecule has 7 N–H and O–H groups in total. The summed E-state index contributed by atoms with van der Waals surface area (Å²) in [6, 6.07) is 0. The van der Waals surface area contributed by atoms with Crippen molar-refractivity contribution >= 4 is 5.97 Å². The molecule has 6 rings (SSSR count). The summed E-state index contributed by atoms with van der Waals surface area (Å²) >= 11 is 0. The number of aliphatic hydroxyl groups excluding tert-OH is 6. The van der Waals surface area contributed by atoms with E-state index < -0.39 is 76.0 Å². The number of aliphatic hydroxyl groups is 6. The fraction of sp³-hybridized carbons (Fsp3) is 0.914. The minimum atomic E-state index is -1.45. The lowest BCUT2D eigenvalue weighted by atomic mass is 9.32.